The molecule has 0 radical (unpaired) electrons. The zero-order chi connectivity index (χ0) is 13.3. The summed E-state index contributed by atoms with van der Waals surface area (Å²) in [5.74, 6) is 0.352. The van der Waals surface area contributed by atoms with Crippen LogP contribution in [0.2, 0.25) is 0 Å². The standard InChI is InChI=1S/C16H22OS/c1-12-7-5-8-13(11-12)14-9-6-10-15(14)18(17)16(2,3)4/h5,7-8,10-11,14H,6,9H2,1-4H3/t14-,18-/m0/s1. The van der Waals surface area contributed by atoms with Gasteiger partial charge in [-0.15, -0.1) is 0 Å². The number of allylic oxidation sites excluding steroid dienone is 2. The lowest BCUT2D eigenvalue weighted by Crippen LogP contribution is -2.24. The molecule has 1 aliphatic rings. The van der Waals surface area contributed by atoms with Crippen LogP contribution < -0.4 is 0 Å². The predicted octanol–water partition coefficient (Wildman–Crippen LogP) is 4.30. The van der Waals surface area contributed by atoms with E-state index in [1.165, 1.54) is 11.1 Å². The summed E-state index contributed by atoms with van der Waals surface area (Å²) in [4.78, 5) is 1.13. The fourth-order valence-electron chi connectivity index (χ4n) is 2.45. The minimum absolute atomic E-state index is 0.168. The van der Waals surface area contributed by atoms with Crippen LogP contribution in [0.4, 0.5) is 0 Å². The van der Waals surface area contributed by atoms with Crippen molar-refractivity contribution in [3.63, 3.8) is 0 Å². The second-order valence-corrected chi connectivity index (χ2v) is 8.27. The van der Waals surface area contributed by atoms with Crippen LogP contribution in [0.3, 0.4) is 0 Å². The average molecular weight is 262 g/mol. The van der Waals surface area contributed by atoms with Gasteiger partial charge in [-0.3, -0.25) is 4.21 Å². The topological polar surface area (TPSA) is 17.1 Å². The maximum atomic E-state index is 12.6. The first-order valence-electron chi connectivity index (χ1n) is 6.58. The molecule has 1 aliphatic carbocycles. The molecular formula is C16H22OS. The number of aryl methyl sites for hydroxylation is 1. The van der Waals surface area contributed by atoms with Crippen LogP contribution in [0.25, 0.3) is 0 Å². The van der Waals surface area contributed by atoms with Crippen LogP contribution >= 0.6 is 0 Å². The molecule has 18 heavy (non-hydrogen) atoms. The summed E-state index contributed by atoms with van der Waals surface area (Å²) in [6.45, 7) is 8.27. The third-order valence-corrected chi connectivity index (χ3v) is 5.35. The Hall–Kier alpha value is -0.890. The van der Waals surface area contributed by atoms with Crippen molar-refractivity contribution < 1.29 is 4.21 Å². The van der Waals surface area contributed by atoms with Crippen molar-refractivity contribution in [2.75, 3.05) is 0 Å². The maximum Gasteiger partial charge on any atom is 0.0545 e. The van der Waals surface area contributed by atoms with Crippen LogP contribution in [-0.4, -0.2) is 8.96 Å². The summed E-state index contributed by atoms with van der Waals surface area (Å²) in [7, 11) is -0.889. The Labute approximate surface area is 113 Å². The highest BCUT2D eigenvalue weighted by Gasteiger charge is 2.31. The molecular weight excluding hydrogens is 240 g/mol. The minimum Gasteiger partial charge on any atom is -0.254 e. The molecule has 0 aromatic heterocycles. The van der Waals surface area contributed by atoms with Crippen LogP contribution in [0.1, 0.15) is 50.7 Å². The Bertz CT molecular complexity index is 494. The molecule has 0 saturated carbocycles. The van der Waals surface area contributed by atoms with Crippen molar-refractivity contribution in [1.29, 1.82) is 0 Å². The fraction of sp³-hybridized carbons (Fsp3) is 0.500. The molecule has 1 aromatic carbocycles. The molecule has 1 aromatic rings. The Kier molecular flexibility index (Phi) is 3.76. The first kappa shape index (κ1) is 13.5. The minimum atomic E-state index is -0.889. The summed E-state index contributed by atoms with van der Waals surface area (Å²) in [5, 5.41) is 0. The molecule has 0 heterocycles. The molecule has 0 N–H and O–H groups in total. The van der Waals surface area contributed by atoms with Crippen molar-refractivity contribution in [2.24, 2.45) is 0 Å². The van der Waals surface area contributed by atoms with Crippen molar-refractivity contribution in [3.05, 3.63) is 46.4 Å². The molecule has 0 aliphatic heterocycles. The first-order valence-corrected chi connectivity index (χ1v) is 7.73. The van der Waals surface area contributed by atoms with Crippen LogP contribution in [0.15, 0.2) is 35.2 Å². The molecule has 2 rings (SSSR count). The van der Waals surface area contributed by atoms with Crippen molar-refractivity contribution >= 4 is 10.8 Å². The van der Waals surface area contributed by atoms with E-state index in [2.05, 4.69) is 58.0 Å². The third-order valence-electron chi connectivity index (χ3n) is 3.36. The molecule has 0 spiro atoms. The highest BCUT2D eigenvalue weighted by atomic mass is 32.2. The Balaban J connectivity index is 2.31. The molecule has 98 valence electrons. The third kappa shape index (κ3) is 2.74. The first-order chi connectivity index (χ1) is 8.39. The van der Waals surface area contributed by atoms with Gasteiger partial charge in [0, 0.05) is 15.6 Å². The van der Waals surface area contributed by atoms with E-state index in [4.69, 9.17) is 0 Å². The number of benzene rings is 1. The van der Waals surface area contributed by atoms with Crippen molar-refractivity contribution in [1.82, 2.24) is 0 Å². The largest absolute Gasteiger partial charge is 0.254 e. The Morgan fingerprint density at radius 2 is 2.00 bits per heavy atom. The Morgan fingerprint density at radius 3 is 2.61 bits per heavy atom. The summed E-state index contributed by atoms with van der Waals surface area (Å²) in [5.41, 5.74) is 2.59. The SMILES string of the molecule is Cc1cccc([C@@H]2CCC=C2[S@](=O)C(C)(C)C)c1. The smallest absolute Gasteiger partial charge is 0.0545 e. The monoisotopic (exact) mass is 262 g/mol. The molecule has 0 fully saturated rings. The van der Waals surface area contributed by atoms with E-state index >= 15 is 0 Å². The molecule has 0 bridgehead atoms. The van der Waals surface area contributed by atoms with Crippen LogP contribution in [0.5, 0.6) is 0 Å². The lowest BCUT2D eigenvalue weighted by Gasteiger charge is -2.23. The van der Waals surface area contributed by atoms with E-state index < -0.39 is 10.8 Å². The van der Waals surface area contributed by atoms with Gasteiger partial charge >= 0.3 is 0 Å². The summed E-state index contributed by atoms with van der Waals surface area (Å²) in [6, 6.07) is 8.60. The lowest BCUT2D eigenvalue weighted by molar-refractivity contribution is 0.649. The zero-order valence-electron chi connectivity index (χ0n) is 11.7. The number of rotatable bonds is 2. The van der Waals surface area contributed by atoms with Gasteiger partial charge in [-0.2, -0.15) is 0 Å². The summed E-state index contributed by atoms with van der Waals surface area (Å²) >= 11 is 0. The van der Waals surface area contributed by atoms with E-state index in [0.717, 1.165) is 17.7 Å². The summed E-state index contributed by atoms with van der Waals surface area (Å²) < 4.78 is 12.4. The average Bonchev–Trinajstić information content (AvgIpc) is 2.75. The van der Waals surface area contributed by atoms with Gasteiger partial charge in [-0.05, 0) is 46.1 Å². The molecule has 2 atom stereocenters. The normalized spacial score (nSPS) is 21.8. The predicted molar refractivity (Wildman–Crippen MR) is 79.1 cm³/mol. The number of hydrogen-bond acceptors (Lipinski definition) is 1. The van der Waals surface area contributed by atoms with Gasteiger partial charge in [0.05, 0.1) is 10.8 Å². The highest BCUT2D eigenvalue weighted by Crippen LogP contribution is 2.40. The van der Waals surface area contributed by atoms with Crippen LogP contribution in [0, 0.1) is 6.92 Å². The Morgan fingerprint density at radius 1 is 1.28 bits per heavy atom. The molecule has 0 amide bonds. The van der Waals surface area contributed by atoms with Crippen LogP contribution in [-0.2, 0) is 10.8 Å². The van der Waals surface area contributed by atoms with Gasteiger partial charge < -0.3 is 0 Å². The maximum absolute atomic E-state index is 12.6. The lowest BCUT2D eigenvalue weighted by atomic mass is 9.97. The van der Waals surface area contributed by atoms with Gasteiger partial charge in [-0.25, -0.2) is 0 Å². The highest BCUT2D eigenvalue weighted by molar-refractivity contribution is 7.90. The van der Waals surface area contributed by atoms with Gasteiger partial charge in [0.2, 0.25) is 0 Å². The fourth-order valence-corrected chi connectivity index (χ4v) is 3.94. The van der Waals surface area contributed by atoms with Crippen molar-refractivity contribution in [2.45, 2.75) is 51.2 Å². The summed E-state index contributed by atoms with van der Waals surface area (Å²) in [6.07, 6.45) is 4.34. The van der Waals surface area contributed by atoms with E-state index in [1.807, 2.05) is 0 Å². The van der Waals surface area contributed by atoms with E-state index in [9.17, 15) is 4.21 Å². The van der Waals surface area contributed by atoms with Crippen molar-refractivity contribution in [3.8, 4) is 0 Å². The second kappa shape index (κ2) is 5.00. The van der Waals surface area contributed by atoms with Gasteiger partial charge in [0.25, 0.3) is 0 Å². The molecule has 2 heteroatoms. The quantitative estimate of drug-likeness (QED) is 0.776. The number of hydrogen-bond donors (Lipinski definition) is 0. The molecule has 0 saturated heterocycles. The van der Waals surface area contributed by atoms with Gasteiger partial charge in [0.15, 0.2) is 0 Å². The van der Waals surface area contributed by atoms with Gasteiger partial charge in [0.1, 0.15) is 0 Å². The van der Waals surface area contributed by atoms with Gasteiger partial charge in [-0.1, -0.05) is 35.9 Å². The molecule has 0 unspecified atom stereocenters. The van der Waals surface area contributed by atoms with E-state index in [0.29, 0.717) is 5.92 Å². The van der Waals surface area contributed by atoms with E-state index in [1.54, 1.807) is 0 Å². The zero-order valence-corrected chi connectivity index (χ0v) is 12.5. The molecule has 1 nitrogen and oxygen atoms in total. The van der Waals surface area contributed by atoms with E-state index in [-0.39, 0.29) is 4.75 Å². The second-order valence-electron chi connectivity index (χ2n) is 6.03.